The molecule has 29 heavy (non-hydrogen) atoms. The van der Waals surface area contributed by atoms with Gasteiger partial charge in [-0.15, -0.1) is 0 Å². The Kier molecular flexibility index (Phi) is 7.19. The monoisotopic (exact) mass is 417 g/mol. The Labute approximate surface area is 174 Å². The molecule has 1 aliphatic rings. The fourth-order valence-corrected chi connectivity index (χ4v) is 5.44. The van der Waals surface area contributed by atoms with E-state index in [9.17, 15) is 8.42 Å². The molecule has 1 unspecified atom stereocenters. The zero-order chi connectivity index (χ0) is 20.9. The Morgan fingerprint density at radius 3 is 2.38 bits per heavy atom. The molecular weight excluding hydrogens is 386 g/mol. The van der Waals surface area contributed by atoms with Gasteiger partial charge in [0.1, 0.15) is 11.5 Å². The molecule has 0 amide bonds. The number of benzene rings is 2. The lowest BCUT2D eigenvalue weighted by Crippen LogP contribution is -2.37. The van der Waals surface area contributed by atoms with Crippen LogP contribution in [0, 0.1) is 13.8 Å². The molecule has 0 aromatic heterocycles. The molecule has 1 fully saturated rings. The topological polar surface area (TPSA) is 55.8 Å². The Morgan fingerprint density at radius 1 is 1.03 bits per heavy atom. The van der Waals surface area contributed by atoms with Crippen LogP contribution in [0.15, 0.2) is 42.5 Å². The maximum absolute atomic E-state index is 12.0. The maximum Gasteiger partial charge on any atom is 0.151 e. The second-order valence-corrected chi connectivity index (χ2v) is 10.1. The highest BCUT2D eigenvalue weighted by Gasteiger charge is 2.32. The first kappa shape index (κ1) is 21.7. The summed E-state index contributed by atoms with van der Waals surface area (Å²) in [5.41, 5.74) is 3.63. The highest BCUT2D eigenvalue weighted by Crippen LogP contribution is 2.22. The number of rotatable bonds is 9. The van der Waals surface area contributed by atoms with E-state index in [1.807, 2.05) is 30.3 Å². The third-order valence-electron chi connectivity index (χ3n) is 5.61. The highest BCUT2D eigenvalue weighted by molar-refractivity contribution is 7.91. The van der Waals surface area contributed by atoms with E-state index in [4.69, 9.17) is 9.47 Å². The minimum Gasteiger partial charge on any atom is -0.497 e. The van der Waals surface area contributed by atoms with Gasteiger partial charge < -0.3 is 9.47 Å². The van der Waals surface area contributed by atoms with Gasteiger partial charge in [0.2, 0.25) is 0 Å². The quantitative estimate of drug-likeness (QED) is 0.582. The van der Waals surface area contributed by atoms with Gasteiger partial charge in [0.25, 0.3) is 0 Å². The summed E-state index contributed by atoms with van der Waals surface area (Å²) >= 11 is 0. The van der Waals surface area contributed by atoms with E-state index in [0.717, 1.165) is 36.6 Å². The average Bonchev–Trinajstić information content (AvgIpc) is 3.07. The summed E-state index contributed by atoms with van der Waals surface area (Å²) in [7, 11) is -1.27. The second-order valence-electron chi connectivity index (χ2n) is 7.82. The molecule has 5 nitrogen and oxygen atoms in total. The molecule has 1 saturated heterocycles. The fourth-order valence-electron chi connectivity index (χ4n) is 3.68. The SMILES string of the molecule is COc1ccc(CN(CCCOc2ccc(C)c(C)c2)C2CCS(=O)(=O)C2)cc1. The third-order valence-corrected chi connectivity index (χ3v) is 7.36. The van der Waals surface area contributed by atoms with Crippen LogP contribution in [-0.2, 0) is 16.4 Å². The molecule has 6 heteroatoms. The van der Waals surface area contributed by atoms with Gasteiger partial charge in [-0.05, 0) is 67.6 Å². The first-order chi connectivity index (χ1) is 13.9. The summed E-state index contributed by atoms with van der Waals surface area (Å²) in [6.45, 7) is 6.32. The van der Waals surface area contributed by atoms with Gasteiger partial charge in [-0.3, -0.25) is 4.90 Å². The lowest BCUT2D eigenvalue weighted by molar-refractivity contribution is 0.183. The number of sulfone groups is 1. The lowest BCUT2D eigenvalue weighted by atomic mass is 10.1. The van der Waals surface area contributed by atoms with Crippen LogP contribution in [0.1, 0.15) is 29.5 Å². The van der Waals surface area contributed by atoms with Crippen LogP contribution in [0.4, 0.5) is 0 Å². The molecule has 0 spiro atoms. The van der Waals surface area contributed by atoms with E-state index in [1.165, 1.54) is 11.1 Å². The predicted octanol–water partition coefficient (Wildman–Crippen LogP) is 3.77. The second kappa shape index (κ2) is 9.63. The van der Waals surface area contributed by atoms with Crippen molar-refractivity contribution in [1.82, 2.24) is 4.90 Å². The van der Waals surface area contributed by atoms with Crippen LogP contribution in [0.25, 0.3) is 0 Å². The highest BCUT2D eigenvalue weighted by atomic mass is 32.2. The van der Waals surface area contributed by atoms with E-state index in [-0.39, 0.29) is 17.5 Å². The molecule has 3 rings (SSSR count). The number of methoxy groups -OCH3 is 1. The molecule has 0 saturated carbocycles. The largest absolute Gasteiger partial charge is 0.497 e. The zero-order valence-corrected chi connectivity index (χ0v) is 18.4. The van der Waals surface area contributed by atoms with Crippen LogP contribution in [-0.4, -0.2) is 51.1 Å². The Morgan fingerprint density at radius 2 is 1.76 bits per heavy atom. The van der Waals surface area contributed by atoms with Crippen LogP contribution in [0.3, 0.4) is 0 Å². The average molecular weight is 418 g/mol. The minimum atomic E-state index is -2.92. The van der Waals surface area contributed by atoms with Crippen molar-refractivity contribution in [3.8, 4) is 11.5 Å². The summed E-state index contributed by atoms with van der Waals surface area (Å²) in [6.07, 6.45) is 1.55. The van der Waals surface area contributed by atoms with E-state index >= 15 is 0 Å². The van der Waals surface area contributed by atoms with Crippen molar-refractivity contribution >= 4 is 9.84 Å². The van der Waals surface area contributed by atoms with E-state index in [2.05, 4.69) is 30.9 Å². The number of ether oxygens (including phenoxy) is 2. The molecule has 1 heterocycles. The fraction of sp³-hybridized carbons (Fsp3) is 0.478. The smallest absolute Gasteiger partial charge is 0.151 e. The number of hydrogen-bond acceptors (Lipinski definition) is 5. The molecular formula is C23H31NO4S. The predicted molar refractivity (Wildman–Crippen MR) is 116 cm³/mol. The third kappa shape index (κ3) is 6.21. The Hall–Kier alpha value is -2.05. The van der Waals surface area contributed by atoms with Crippen molar-refractivity contribution in [2.75, 3.05) is 31.8 Å². The van der Waals surface area contributed by atoms with E-state index < -0.39 is 9.84 Å². The van der Waals surface area contributed by atoms with Crippen LogP contribution in [0.2, 0.25) is 0 Å². The number of hydrogen-bond donors (Lipinski definition) is 0. The normalized spacial score (nSPS) is 18.1. The van der Waals surface area contributed by atoms with Gasteiger partial charge in [0.05, 0.1) is 25.2 Å². The molecule has 2 aromatic rings. The molecule has 0 aliphatic carbocycles. The minimum absolute atomic E-state index is 0.0729. The van der Waals surface area contributed by atoms with Crippen molar-refractivity contribution in [3.63, 3.8) is 0 Å². The molecule has 0 radical (unpaired) electrons. The van der Waals surface area contributed by atoms with E-state index in [1.54, 1.807) is 7.11 Å². The van der Waals surface area contributed by atoms with Crippen molar-refractivity contribution in [1.29, 1.82) is 0 Å². The standard InChI is InChI=1S/C23H31NO4S/c1-18-5-8-23(15-19(18)2)28-13-4-12-24(21-11-14-29(25,26)17-21)16-20-6-9-22(27-3)10-7-20/h5-10,15,21H,4,11-14,16-17H2,1-3H3. The first-order valence-corrected chi connectivity index (χ1v) is 12.0. The summed E-state index contributed by atoms with van der Waals surface area (Å²) in [6, 6.07) is 14.2. The van der Waals surface area contributed by atoms with Gasteiger partial charge in [-0.2, -0.15) is 0 Å². The lowest BCUT2D eigenvalue weighted by Gasteiger charge is -2.28. The molecule has 1 atom stereocenters. The van der Waals surface area contributed by atoms with Gasteiger partial charge in [0, 0.05) is 19.1 Å². The van der Waals surface area contributed by atoms with Crippen molar-refractivity contribution in [2.24, 2.45) is 0 Å². The Bertz CT molecular complexity index is 909. The summed E-state index contributed by atoms with van der Waals surface area (Å²) in [4.78, 5) is 2.29. The first-order valence-electron chi connectivity index (χ1n) is 10.1. The zero-order valence-electron chi connectivity index (χ0n) is 17.6. The Balaban J connectivity index is 1.59. The van der Waals surface area contributed by atoms with Gasteiger partial charge in [-0.1, -0.05) is 18.2 Å². The van der Waals surface area contributed by atoms with Crippen molar-refractivity contribution < 1.29 is 17.9 Å². The van der Waals surface area contributed by atoms with Crippen molar-refractivity contribution in [3.05, 3.63) is 59.2 Å². The number of aryl methyl sites for hydroxylation is 2. The van der Waals surface area contributed by atoms with Gasteiger partial charge in [0.15, 0.2) is 9.84 Å². The van der Waals surface area contributed by atoms with Crippen LogP contribution < -0.4 is 9.47 Å². The molecule has 158 valence electrons. The van der Waals surface area contributed by atoms with Gasteiger partial charge in [-0.25, -0.2) is 8.42 Å². The molecule has 0 bridgehead atoms. The summed E-state index contributed by atoms with van der Waals surface area (Å²) in [5.74, 6) is 2.25. The van der Waals surface area contributed by atoms with Crippen molar-refractivity contribution in [2.45, 2.75) is 39.3 Å². The van der Waals surface area contributed by atoms with Crippen LogP contribution >= 0.6 is 0 Å². The summed E-state index contributed by atoms with van der Waals surface area (Å²) < 4.78 is 35.1. The number of nitrogens with zero attached hydrogens (tertiary/aromatic N) is 1. The maximum atomic E-state index is 12.0. The van der Waals surface area contributed by atoms with Crippen LogP contribution in [0.5, 0.6) is 11.5 Å². The molecule has 0 N–H and O–H groups in total. The van der Waals surface area contributed by atoms with E-state index in [0.29, 0.717) is 13.0 Å². The van der Waals surface area contributed by atoms with Gasteiger partial charge >= 0.3 is 0 Å². The summed E-state index contributed by atoms with van der Waals surface area (Å²) in [5, 5.41) is 0. The molecule has 1 aliphatic heterocycles. The molecule has 2 aromatic carbocycles.